The van der Waals surface area contributed by atoms with Gasteiger partial charge in [0.05, 0.1) is 12.8 Å². The zero-order valence-corrected chi connectivity index (χ0v) is 13.4. The zero-order valence-electron chi connectivity index (χ0n) is 13.4. The summed E-state index contributed by atoms with van der Waals surface area (Å²) in [5.74, 6) is -0.230. The van der Waals surface area contributed by atoms with Gasteiger partial charge in [-0.2, -0.15) is 0 Å². The van der Waals surface area contributed by atoms with Crippen molar-refractivity contribution in [2.75, 3.05) is 7.11 Å². The van der Waals surface area contributed by atoms with Crippen molar-refractivity contribution < 1.29 is 14.2 Å². The lowest BCUT2D eigenvalue weighted by atomic mass is 9.92. The molecular formula is C19H17FN2O2. The minimum absolute atomic E-state index is 0.198. The van der Waals surface area contributed by atoms with Crippen LogP contribution in [0.2, 0.25) is 0 Å². The second kappa shape index (κ2) is 6.37. The third-order valence-electron chi connectivity index (χ3n) is 3.99. The van der Waals surface area contributed by atoms with Gasteiger partial charge in [0.1, 0.15) is 5.60 Å². The van der Waals surface area contributed by atoms with Crippen LogP contribution in [0.3, 0.4) is 0 Å². The molecule has 2 aromatic heterocycles. The number of nitrogens with zero attached hydrogens (tertiary/aromatic N) is 2. The summed E-state index contributed by atoms with van der Waals surface area (Å²) in [5, 5.41) is 10.8. The van der Waals surface area contributed by atoms with Crippen LogP contribution in [0.4, 0.5) is 4.39 Å². The van der Waals surface area contributed by atoms with Crippen LogP contribution in [0.5, 0.6) is 5.75 Å². The number of hydrogen-bond donors (Lipinski definition) is 1. The molecule has 3 aromatic rings. The highest BCUT2D eigenvalue weighted by atomic mass is 19.1. The van der Waals surface area contributed by atoms with E-state index in [9.17, 15) is 9.50 Å². The van der Waals surface area contributed by atoms with Gasteiger partial charge in [-0.3, -0.25) is 9.97 Å². The summed E-state index contributed by atoms with van der Waals surface area (Å²) >= 11 is 0. The number of ether oxygens (including phenoxy) is 1. The Morgan fingerprint density at radius 2 is 1.75 bits per heavy atom. The average molecular weight is 324 g/mol. The molecule has 0 spiro atoms. The van der Waals surface area contributed by atoms with E-state index in [1.54, 1.807) is 61.9 Å². The molecule has 0 saturated heterocycles. The van der Waals surface area contributed by atoms with E-state index in [0.29, 0.717) is 16.8 Å². The molecule has 0 aliphatic rings. The summed E-state index contributed by atoms with van der Waals surface area (Å²) < 4.78 is 18.8. The van der Waals surface area contributed by atoms with Crippen molar-refractivity contribution in [3.63, 3.8) is 0 Å². The summed E-state index contributed by atoms with van der Waals surface area (Å²) in [4.78, 5) is 8.30. The second-order valence-electron chi connectivity index (χ2n) is 5.59. The molecule has 0 bridgehead atoms. The lowest BCUT2D eigenvalue weighted by Gasteiger charge is -2.23. The molecule has 0 amide bonds. The van der Waals surface area contributed by atoms with Crippen molar-refractivity contribution >= 4 is 0 Å². The molecular weight excluding hydrogens is 307 g/mol. The molecule has 5 heteroatoms. The van der Waals surface area contributed by atoms with Gasteiger partial charge in [0.15, 0.2) is 11.6 Å². The molecule has 24 heavy (non-hydrogen) atoms. The van der Waals surface area contributed by atoms with E-state index in [0.717, 1.165) is 5.56 Å². The number of methoxy groups -OCH3 is 1. The summed E-state index contributed by atoms with van der Waals surface area (Å²) in [6.45, 7) is 1.68. The predicted molar refractivity (Wildman–Crippen MR) is 89.1 cm³/mol. The average Bonchev–Trinajstić information content (AvgIpc) is 2.62. The lowest BCUT2D eigenvalue weighted by Crippen LogP contribution is -2.24. The predicted octanol–water partition coefficient (Wildman–Crippen LogP) is 3.55. The largest absolute Gasteiger partial charge is 0.494 e. The van der Waals surface area contributed by atoms with Gasteiger partial charge in [-0.05, 0) is 48.4 Å². The topological polar surface area (TPSA) is 55.2 Å². The smallest absolute Gasteiger partial charge is 0.165 e. The Labute approximate surface area is 139 Å². The number of rotatable bonds is 4. The van der Waals surface area contributed by atoms with E-state index in [2.05, 4.69) is 9.97 Å². The van der Waals surface area contributed by atoms with Crippen molar-refractivity contribution in [1.82, 2.24) is 9.97 Å². The number of benzene rings is 1. The highest BCUT2D eigenvalue weighted by molar-refractivity contribution is 5.63. The highest BCUT2D eigenvalue weighted by Gasteiger charge is 2.27. The van der Waals surface area contributed by atoms with Gasteiger partial charge in [0.25, 0.3) is 0 Å². The summed E-state index contributed by atoms with van der Waals surface area (Å²) in [6.07, 6.45) is 4.86. The second-order valence-corrected chi connectivity index (χ2v) is 5.59. The maximum atomic E-state index is 13.8. The first-order valence-electron chi connectivity index (χ1n) is 7.45. The molecule has 4 nitrogen and oxygen atoms in total. The van der Waals surface area contributed by atoms with Gasteiger partial charge in [-0.15, -0.1) is 0 Å². The summed E-state index contributed by atoms with van der Waals surface area (Å²) in [6, 6.07) is 11.8. The third kappa shape index (κ3) is 2.98. The van der Waals surface area contributed by atoms with E-state index in [-0.39, 0.29) is 5.75 Å². The molecule has 3 rings (SSSR count). The Bertz CT molecular complexity index is 834. The van der Waals surface area contributed by atoms with Crippen LogP contribution in [0.15, 0.2) is 61.1 Å². The van der Waals surface area contributed by atoms with Crippen LogP contribution in [0, 0.1) is 5.82 Å². The Balaban J connectivity index is 1.92. The van der Waals surface area contributed by atoms with Gasteiger partial charge in [-0.25, -0.2) is 4.39 Å². The minimum Gasteiger partial charge on any atom is -0.494 e. The molecule has 2 heterocycles. The van der Waals surface area contributed by atoms with Crippen LogP contribution in [-0.4, -0.2) is 22.2 Å². The molecule has 1 atom stereocenters. The standard InChI is InChI=1S/C19H17FN2O2/c1-19(23,15-7-9-21-10-8-15)18-6-4-14(12-22-18)13-3-5-17(24-2)16(20)11-13/h3-12,23H,1-2H3. The van der Waals surface area contributed by atoms with E-state index >= 15 is 0 Å². The van der Waals surface area contributed by atoms with E-state index in [1.807, 2.05) is 0 Å². The maximum Gasteiger partial charge on any atom is 0.165 e. The Hall–Kier alpha value is -2.79. The Kier molecular flexibility index (Phi) is 4.27. The zero-order chi connectivity index (χ0) is 17.2. The molecule has 0 aliphatic heterocycles. The van der Waals surface area contributed by atoms with Crippen LogP contribution in [-0.2, 0) is 5.60 Å². The fourth-order valence-corrected chi connectivity index (χ4v) is 2.52. The molecule has 0 aliphatic carbocycles. The van der Waals surface area contributed by atoms with Crippen LogP contribution in [0.1, 0.15) is 18.2 Å². The van der Waals surface area contributed by atoms with Gasteiger partial charge >= 0.3 is 0 Å². The Morgan fingerprint density at radius 1 is 1.04 bits per heavy atom. The van der Waals surface area contributed by atoms with Crippen LogP contribution >= 0.6 is 0 Å². The SMILES string of the molecule is COc1ccc(-c2ccc(C(C)(O)c3ccncc3)nc2)cc1F. The molecule has 1 aromatic carbocycles. The van der Waals surface area contributed by atoms with Gasteiger partial charge in [0, 0.05) is 24.2 Å². The van der Waals surface area contributed by atoms with Crippen molar-refractivity contribution in [2.45, 2.75) is 12.5 Å². The normalized spacial score (nSPS) is 13.3. The number of pyridine rings is 2. The van der Waals surface area contributed by atoms with Crippen molar-refractivity contribution in [3.05, 3.63) is 78.1 Å². The molecule has 0 saturated carbocycles. The van der Waals surface area contributed by atoms with E-state index in [4.69, 9.17) is 4.74 Å². The Morgan fingerprint density at radius 3 is 2.33 bits per heavy atom. The first-order valence-corrected chi connectivity index (χ1v) is 7.45. The molecule has 1 N–H and O–H groups in total. The van der Waals surface area contributed by atoms with E-state index in [1.165, 1.54) is 13.2 Å². The summed E-state index contributed by atoms with van der Waals surface area (Å²) in [7, 11) is 1.43. The van der Waals surface area contributed by atoms with Crippen LogP contribution < -0.4 is 4.74 Å². The molecule has 1 unspecified atom stereocenters. The van der Waals surface area contributed by atoms with Crippen molar-refractivity contribution in [3.8, 4) is 16.9 Å². The molecule has 0 fully saturated rings. The fraction of sp³-hybridized carbons (Fsp3) is 0.158. The van der Waals surface area contributed by atoms with Crippen molar-refractivity contribution in [1.29, 1.82) is 0 Å². The van der Waals surface area contributed by atoms with Crippen LogP contribution in [0.25, 0.3) is 11.1 Å². The maximum absolute atomic E-state index is 13.8. The number of halogens is 1. The molecule has 122 valence electrons. The van der Waals surface area contributed by atoms with Gasteiger partial charge in [0.2, 0.25) is 0 Å². The first kappa shape index (κ1) is 16.1. The lowest BCUT2D eigenvalue weighted by molar-refractivity contribution is 0.0973. The first-order chi connectivity index (χ1) is 11.5. The number of aromatic nitrogens is 2. The fourth-order valence-electron chi connectivity index (χ4n) is 2.52. The van der Waals surface area contributed by atoms with Crippen molar-refractivity contribution in [2.24, 2.45) is 0 Å². The third-order valence-corrected chi connectivity index (χ3v) is 3.99. The summed E-state index contributed by atoms with van der Waals surface area (Å²) in [5.41, 5.74) is 1.42. The number of aliphatic hydroxyl groups is 1. The quantitative estimate of drug-likeness (QED) is 0.797. The van der Waals surface area contributed by atoms with Gasteiger partial charge < -0.3 is 9.84 Å². The van der Waals surface area contributed by atoms with E-state index < -0.39 is 11.4 Å². The van der Waals surface area contributed by atoms with Gasteiger partial charge in [-0.1, -0.05) is 12.1 Å². The molecule has 0 radical (unpaired) electrons. The highest BCUT2D eigenvalue weighted by Crippen LogP contribution is 2.29. The minimum atomic E-state index is -1.23. The monoisotopic (exact) mass is 324 g/mol. The number of hydrogen-bond acceptors (Lipinski definition) is 4.